The lowest BCUT2D eigenvalue weighted by molar-refractivity contribution is -0.152. The fourth-order valence-corrected chi connectivity index (χ4v) is 4.94. The maximum Gasteiger partial charge on any atom is 0.352 e. The molecule has 0 aromatic carbocycles. The predicted molar refractivity (Wildman–Crippen MR) is 120 cm³/mol. The van der Waals surface area contributed by atoms with E-state index in [9.17, 15) is 24.3 Å². The number of hydrogen-bond donors (Lipinski definition) is 3. The number of esters is 1. The molecule has 4 N–H and O–H groups in total. The van der Waals surface area contributed by atoms with Gasteiger partial charge in [-0.1, -0.05) is 17.8 Å². The Hall–Kier alpha value is -3.39. The molecule has 3 heterocycles. The summed E-state index contributed by atoms with van der Waals surface area (Å²) in [5.41, 5.74) is 5.70. The van der Waals surface area contributed by atoms with E-state index in [4.69, 9.17) is 15.3 Å². The first-order chi connectivity index (χ1) is 15.6. The third-order valence-corrected chi connectivity index (χ3v) is 6.39. The highest BCUT2D eigenvalue weighted by molar-refractivity contribution is 8.00. The third-order valence-electron chi connectivity index (χ3n) is 4.42. The van der Waals surface area contributed by atoms with Crippen molar-refractivity contribution in [1.29, 1.82) is 0 Å². The second kappa shape index (κ2) is 10.0. The summed E-state index contributed by atoms with van der Waals surface area (Å²) < 4.78 is 4.93. The van der Waals surface area contributed by atoms with Gasteiger partial charge >= 0.3 is 11.9 Å². The number of oxime groups is 1. The number of thioether (sulfide) groups is 1. The van der Waals surface area contributed by atoms with Gasteiger partial charge in [-0.3, -0.25) is 14.5 Å². The molecule has 1 aromatic rings. The number of nitrogens with one attached hydrogen (secondary N) is 1. The van der Waals surface area contributed by atoms with Crippen LogP contribution in [0.2, 0.25) is 0 Å². The van der Waals surface area contributed by atoms with Crippen molar-refractivity contribution in [2.75, 3.05) is 18.1 Å². The van der Waals surface area contributed by atoms with E-state index < -0.39 is 41.8 Å². The van der Waals surface area contributed by atoms with Crippen molar-refractivity contribution in [3.05, 3.63) is 35.0 Å². The second-order valence-electron chi connectivity index (χ2n) is 7.07. The van der Waals surface area contributed by atoms with Gasteiger partial charge in [0.05, 0.1) is 6.10 Å². The summed E-state index contributed by atoms with van der Waals surface area (Å²) in [5.74, 6) is -3.00. The number of allylic oxidation sites excluding steroid dienone is 1. The first-order valence-electron chi connectivity index (χ1n) is 9.59. The minimum absolute atomic E-state index is 0.0900. The Morgan fingerprint density at radius 1 is 1.48 bits per heavy atom. The number of nitrogen functional groups attached to an aromatic ring is 1. The van der Waals surface area contributed by atoms with Crippen molar-refractivity contribution in [2.24, 2.45) is 5.16 Å². The molecule has 2 aliphatic heterocycles. The molecule has 0 saturated carbocycles. The van der Waals surface area contributed by atoms with Gasteiger partial charge in [0.25, 0.3) is 11.8 Å². The number of aromatic nitrogens is 1. The predicted octanol–water partition coefficient (Wildman–Crippen LogP) is 0.322. The Kier molecular flexibility index (Phi) is 7.38. The SMILES string of the molecule is C=CC1=C(C(=O)O)N2C(=O)[C@@H](NC(=O)/C(=N\OCC(=O)OC(C)C)c3csc(N)n3)[C@H]2SC1. The van der Waals surface area contributed by atoms with Gasteiger partial charge in [0, 0.05) is 11.1 Å². The number of nitrogens with zero attached hydrogens (tertiary/aromatic N) is 3. The third kappa shape index (κ3) is 5.17. The fourth-order valence-electron chi connectivity index (χ4n) is 3.06. The minimum Gasteiger partial charge on any atom is -0.477 e. The lowest BCUT2D eigenvalue weighted by atomic mass is 10.0. The van der Waals surface area contributed by atoms with Gasteiger partial charge in [-0.2, -0.15) is 0 Å². The highest BCUT2D eigenvalue weighted by atomic mass is 32.2. The zero-order valence-corrected chi connectivity index (χ0v) is 19.3. The lowest BCUT2D eigenvalue weighted by Crippen LogP contribution is -2.71. The fraction of sp³-hybridized carbons (Fsp3) is 0.368. The van der Waals surface area contributed by atoms with E-state index in [1.807, 2.05) is 0 Å². The van der Waals surface area contributed by atoms with Crippen LogP contribution in [0.25, 0.3) is 0 Å². The number of carboxylic acids is 1. The number of aliphatic carboxylic acids is 1. The number of amides is 2. The molecular formula is C19H21N5O7S2. The van der Waals surface area contributed by atoms with Crippen LogP contribution in [0.1, 0.15) is 19.5 Å². The van der Waals surface area contributed by atoms with Crippen LogP contribution < -0.4 is 11.1 Å². The number of carbonyl (C=O) groups is 4. The maximum absolute atomic E-state index is 12.9. The van der Waals surface area contributed by atoms with Crippen molar-refractivity contribution in [1.82, 2.24) is 15.2 Å². The molecule has 12 nitrogen and oxygen atoms in total. The quantitative estimate of drug-likeness (QED) is 0.187. The van der Waals surface area contributed by atoms with E-state index in [2.05, 4.69) is 22.0 Å². The number of fused-ring (bicyclic) bond motifs is 1. The van der Waals surface area contributed by atoms with E-state index in [0.29, 0.717) is 11.3 Å². The van der Waals surface area contributed by atoms with E-state index in [1.54, 1.807) is 13.8 Å². The molecule has 1 aromatic heterocycles. The monoisotopic (exact) mass is 495 g/mol. The highest BCUT2D eigenvalue weighted by Gasteiger charge is 2.54. The summed E-state index contributed by atoms with van der Waals surface area (Å²) in [6, 6.07) is -0.990. The molecule has 0 spiro atoms. The van der Waals surface area contributed by atoms with Crippen LogP contribution in [0.4, 0.5) is 5.13 Å². The van der Waals surface area contributed by atoms with E-state index in [1.165, 1.54) is 23.2 Å². The number of ether oxygens (including phenoxy) is 1. The molecule has 3 rings (SSSR count). The molecule has 2 aliphatic rings. The number of carboxylic acid groups (broad SMARTS) is 1. The van der Waals surface area contributed by atoms with E-state index >= 15 is 0 Å². The van der Waals surface area contributed by atoms with Crippen LogP contribution in [0.15, 0.2) is 34.5 Å². The molecule has 0 aliphatic carbocycles. The Bertz CT molecular complexity index is 1060. The number of β-lactam (4-membered cyclic amide) rings is 1. The Morgan fingerprint density at radius 2 is 2.21 bits per heavy atom. The van der Waals surface area contributed by atoms with Crippen LogP contribution in [0.5, 0.6) is 0 Å². The van der Waals surface area contributed by atoms with Crippen LogP contribution >= 0.6 is 23.1 Å². The smallest absolute Gasteiger partial charge is 0.352 e. The van der Waals surface area contributed by atoms with Gasteiger partial charge < -0.3 is 25.7 Å². The van der Waals surface area contributed by atoms with Crippen LogP contribution in [-0.4, -0.2) is 74.3 Å². The van der Waals surface area contributed by atoms with Crippen LogP contribution in [0, 0.1) is 0 Å². The van der Waals surface area contributed by atoms with Gasteiger partial charge in [-0.05, 0) is 19.4 Å². The zero-order valence-electron chi connectivity index (χ0n) is 17.6. The van der Waals surface area contributed by atoms with Gasteiger partial charge in [-0.15, -0.1) is 23.1 Å². The zero-order chi connectivity index (χ0) is 24.3. The molecular weight excluding hydrogens is 474 g/mol. The average Bonchev–Trinajstić information content (AvgIpc) is 3.18. The van der Waals surface area contributed by atoms with Gasteiger partial charge in [0.15, 0.2) is 10.8 Å². The van der Waals surface area contributed by atoms with Crippen molar-refractivity contribution < 1.29 is 33.9 Å². The number of thiazole rings is 1. The van der Waals surface area contributed by atoms with Crippen molar-refractivity contribution in [3.8, 4) is 0 Å². The summed E-state index contributed by atoms with van der Waals surface area (Å²) in [5, 5.41) is 16.8. The molecule has 14 heteroatoms. The summed E-state index contributed by atoms with van der Waals surface area (Å²) in [7, 11) is 0. The number of carbonyl (C=O) groups excluding carboxylic acids is 3. The maximum atomic E-state index is 12.9. The molecule has 2 amide bonds. The van der Waals surface area contributed by atoms with Gasteiger partial charge in [-0.25, -0.2) is 14.6 Å². The topological polar surface area (TPSA) is 174 Å². The molecule has 0 radical (unpaired) electrons. The normalized spacial score (nSPS) is 20.2. The largest absolute Gasteiger partial charge is 0.477 e. The van der Waals surface area contributed by atoms with Crippen LogP contribution in [0.3, 0.4) is 0 Å². The summed E-state index contributed by atoms with van der Waals surface area (Å²) in [6.07, 6.45) is 1.04. The first-order valence-corrected chi connectivity index (χ1v) is 11.5. The summed E-state index contributed by atoms with van der Waals surface area (Å²) in [6.45, 7) is 6.39. The van der Waals surface area contributed by atoms with Gasteiger partial charge in [0.1, 0.15) is 22.8 Å². The Morgan fingerprint density at radius 3 is 2.79 bits per heavy atom. The van der Waals surface area contributed by atoms with Gasteiger partial charge in [0.2, 0.25) is 6.61 Å². The van der Waals surface area contributed by atoms with E-state index in [-0.39, 0.29) is 28.3 Å². The number of rotatable bonds is 9. The van der Waals surface area contributed by atoms with E-state index in [0.717, 1.165) is 16.2 Å². The highest BCUT2D eigenvalue weighted by Crippen LogP contribution is 2.40. The minimum atomic E-state index is -1.25. The molecule has 33 heavy (non-hydrogen) atoms. The summed E-state index contributed by atoms with van der Waals surface area (Å²) in [4.78, 5) is 59.0. The molecule has 176 valence electrons. The first kappa shape index (κ1) is 24.3. The number of nitrogens with two attached hydrogens (primary N) is 1. The number of anilines is 1. The summed E-state index contributed by atoms with van der Waals surface area (Å²) >= 11 is 2.35. The van der Waals surface area contributed by atoms with Crippen LogP contribution in [-0.2, 0) is 28.8 Å². The van der Waals surface area contributed by atoms with Crippen molar-refractivity contribution >= 4 is 57.7 Å². The molecule has 2 atom stereocenters. The van der Waals surface area contributed by atoms with Crippen molar-refractivity contribution in [3.63, 3.8) is 0 Å². The lowest BCUT2D eigenvalue weighted by Gasteiger charge is -2.49. The Balaban J connectivity index is 1.75. The number of hydrogen-bond acceptors (Lipinski definition) is 11. The molecule has 1 fully saturated rings. The molecule has 0 bridgehead atoms. The second-order valence-corrected chi connectivity index (χ2v) is 9.06. The Labute approximate surface area is 196 Å². The standard InChI is InChI=1S/C19H21N5O7S2/c1-4-9-6-32-17-13(16(27)24(17)14(9)18(28)29)22-15(26)12(10-7-33-19(20)21-10)23-30-5-11(25)31-8(2)3/h4,7-8,13,17H,1,5-6H2,2-3H3,(H2,20,21)(H,22,26)(H,28,29)/b23-12-/t13-,17-/m1/s1. The molecule has 0 unspecified atom stereocenters. The average molecular weight is 496 g/mol. The van der Waals surface area contributed by atoms with Crippen molar-refractivity contribution in [2.45, 2.75) is 31.4 Å². The molecule has 1 saturated heterocycles.